The first-order valence-electron chi connectivity index (χ1n) is 10.3. The molecule has 3 aliphatic rings. The predicted molar refractivity (Wildman–Crippen MR) is 140 cm³/mol. The fourth-order valence-electron chi connectivity index (χ4n) is 4.22. The Morgan fingerprint density at radius 1 is 1.16 bits per heavy atom. The highest BCUT2D eigenvalue weighted by molar-refractivity contribution is 14.1. The number of carbonyl (C=O) groups excluding carboxylic acids is 2. The number of ether oxygens (including phenoxy) is 1. The van der Waals surface area contributed by atoms with E-state index in [4.69, 9.17) is 7.80 Å². The highest BCUT2D eigenvalue weighted by atomic mass is 127. The Morgan fingerprint density at radius 2 is 1.91 bits per heavy atom. The maximum Gasteiger partial charge on any atom is 0.262 e. The van der Waals surface area contributed by atoms with Gasteiger partial charge >= 0.3 is 0 Å². The number of carbonyl (C=O) groups is 2. The maximum atomic E-state index is 12.8. The van der Waals surface area contributed by atoms with E-state index in [0.29, 0.717) is 30.6 Å². The molecule has 2 aromatic carbocycles. The highest BCUT2D eigenvalue weighted by Gasteiger charge is 2.51. The fourth-order valence-corrected chi connectivity index (χ4v) is 5.26. The van der Waals surface area contributed by atoms with E-state index in [9.17, 15) is 9.59 Å². The number of fused-ring (bicyclic) bond motifs is 2. The van der Waals surface area contributed by atoms with Crippen molar-refractivity contribution in [3.63, 3.8) is 0 Å². The molecule has 168 valence electrons. The van der Waals surface area contributed by atoms with Crippen LogP contribution in [0, 0.1) is 6.92 Å². The third-order valence-electron chi connectivity index (χ3n) is 5.97. The molecule has 0 aromatic heterocycles. The van der Waals surface area contributed by atoms with Crippen molar-refractivity contribution in [2.24, 2.45) is 0 Å². The average molecular weight is 582 g/mol. The smallest absolute Gasteiger partial charge is 0.262 e. The summed E-state index contributed by atoms with van der Waals surface area (Å²) < 4.78 is 11.3. The molecule has 0 heterocycles. The Labute approximate surface area is 206 Å². The van der Waals surface area contributed by atoms with Gasteiger partial charge in [-0.1, -0.05) is 24.3 Å². The number of rotatable bonds is 7. The second-order valence-electron chi connectivity index (χ2n) is 8.33. The molecule has 0 saturated heterocycles. The summed E-state index contributed by atoms with van der Waals surface area (Å²) in [5.41, 5.74) is 3.36. The van der Waals surface area contributed by atoms with Gasteiger partial charge in [0, 0.05) is 17.7 Å². The number of halogens is 1. The van der Waals surface area contributed by atoms with Gasteiger partial charge < -0.3 is 18.4 Å². The maximum absolute atomic E-state index is 12.8. The Balaban J connectivity index is 1.38. The zero-order valence-corrected chi connectivity index (χ0v) is 22.1. The number of benzene rings is 2. The zero-order valence-electron chi connectivity index (χ0n) is 17.6. The van der Waals surface area contributed by atoms with Gasteiger partial charge in [0.1, 0.15) is 34.9 Å². The Bertz CT molecular complexity index is 1100. The van der Waals surface area contributed by atoms with Crippen molar-refractivity contribution in [3.05, 3.63) is 64.9 Å². The molecule has 9 heteroatoms. The normalized spacial score (nSPS) is 21.6. The summed E-state index contributed by atoms with van der Waals surface area (Å²) in [6, 6.07) is 13.2. The fraction of sp³-hybridized carbons (Fsp3) is 0.304. The van der Waals surface area contributed by atoms with Crippen LogP contribution in [0.1, 0.15) is 35.2 Å². The lowest BCUT2D eigenvalue weighted by Gasteiger charge is -2.51. The molecule has 5 rings (SSSR count). The average Bonchev–Trinajstić information content (AvgIpc) is 2.75. The van der Waals surface area contributed by atoms with Gasteiger partial charge in [0.2, 0.25) is 0 Å². The Hall–Kier alpha value is -1.53. The summed E-state index contributed by atoms with van der Waals surface area (Å²) in [7, 11) is 5.26. The van der Waals surface area contributed by atoms with Crippen molar-refractivity contribution in [1.82, 2.24) is 10.6 Å². The first-order chi connectivity index (χ1) is 15.3. The molecule has 32 heavy (non-hydrogen) atoms. The van der Waals surface area contributed by atoms with Gasteiger partial charge in [-0.25, -0.2) is 0 Å². The number of hydrogen-bond acceptors (Lipinski definition) is 4. The molecule has 0 spiro atoms. The minimum Gasteiger partial charge on any atom is -0.484 e. The minimum absolute atomic E-state index is 0.0786. The highest BCUT2D eigenvalue weighted by Crippen LogP contribution is 2.49. The lowest BCUT2D eigenvalue weighted by molar-refractivity contribution is -0.122. The Morgan fingerprint density at radius 3 is 2.59 bits per heavy atom. The van der Waals surface area contributed by atoms with E-state index in [1.807, 2.05) is 72.4 Å². The summed E-state index contributed by atoms with van der Waals surface area (Å²) in [6.45, 7) is 1.94. The van der Waals surface area contributed by atoms with Crippen LogP contribution in [0.3, 0.4) is 0 Å². The molecule has 3 aliphatic carbocycles. The van der Waals surface area contributed by atoms with Crippen LogP contribution in [-0.2, 0) is 7.86 Å². The topological polar surface area (TPSA) is 76.7 Å². The van der Waals surface area contributed by atoms with Crippen molar-refractivity contribution in [1.29, 1.82) is 0 Å². The molecule has 3 unspecified atom stereocenters. The van der Waals surface area contributed by atoms with Crippen LogP contribution < -0.4 is 26.0 Å². The molecule has 0 aliphatic heterocycles. The lowest BCUT2D eigenvalue weighted by Crippen LogP contribution is -2.61. The first kappa shape index (κ1) is 23.6. The van der Waals surface area contributed by atoms with Crippen molar-refractivity contribution in [3.8, 4) is 5.75 Å². The van der Waals surface area contributed by atoms with Crippen LogP contribution in [-0.4, -0.2) is 30.1 Å². The largest absolute Gasteiger partial charge is 0.484 e. The molecule has 2 aromatic rings. The molecule has 6 nitrogen and oxygen atoms in total. The zero-order chi connectivity index (χ0) is 22.9. The molecule has 3 atom stereocenters. The molecular weight excluding hydrogens is 557 g/mol. The molecule has 2 N–H and O–H groups in total. The molecule has 1 saturated carbocycles. The number of nitrogens with one attached hydrogen (secondary N) is 2. The molecule has 0 radical (unpaired) electrons. The summed E-state index contributed by atoms with van der Waals surface area (Å²) in [5.74, 6) is 0.338. The van der Waals surface area contributed by atoms with Crippen LogP contribution in [0.5, 0.6) is 5.75 Å². The summed E-state index contributed by atoms with van der Waals surface area (Å²) in [6.07, 6.45) is 1.73. The Kier molecular flexibility index (Phi) is 7.21. The summed E-state index contributed by atoms with van der Waals surface area (Å²) >= 11 is 1.86. The van der Waals surface area contributed by atoms with Gasteiger partial charge in [-0.05, 0) is 59.7 Å². The van der Waals surface area contributed by atoms with E-state index < -0.39 is 0 Å². The van der Waals surface area contributed by atoms with Gasteiger partial charge in [0.15, 0.2) is 6.61 Å². The van der Waals surface area contributed by atoms with E-state index >= 15 is 0 Å². The second kappa shape index (κ2) is 9.76. The SMILES string of the molecule is Cc1ccc(OCC(=O)NC2=C3CC(NC(=O)c4ccccc4P)(C3)CC2OI)cc1P. The monoisotopic (exact) mass is 582 g/mol. The molecule has 2 bridgehead atoms. The van der Waals surface area contributed by atoms with Crippen LogP contribution >= 0.6 is 41.5 Å². The lowest BCUT2D eigenvalue weighted by atomic mass is 9.63. The van der Waals surface area contributed by atoms with E-state index in [1.54, 1.807) is 0 Å². The summed E-state index contributed by atoms with van der Waals surface area (Å²) in [4.78, 5) is 25.3. The van der Waals surface area contributed by atoms with E-state index in [2.05, 4.69) is 29.1 Å². The van der Waals surface area contributed by atoms with Crippen LogP contribution in [0.4, 0.5) is 0 Å². The van der Waals surface area contributed by atoms with Gasteiger partial charge in [0.05, 0.1) is 5.54 Å². The quantitative estimate of drug-likeness (QED) is 0.389. The van der Waals surface area contributed by atoms with Crippen molar-refractivity contribution in [2.75, 3.05) is 6.61 Å². The number of hydrogen-bond donors (Lipinski definition) is 2. The first-order valence-corrected chi connectivity index (χ1v) is 12.3. The van der Waals surface area contributed by atoms with Crippen LogP contribution in [0.2, 0.25) is 0 Å². The van der Waals surface area contributed by atoms with E-state index in [0.717, 1.165) is 27.4 Å². The van der Waals surface area contributed by atoms with Gasteiger partial charge in [0.25, 0.3) is 11.8 Å². The molecular formula is C23H25IN2O4P2. The van der Waals surface area contributed by atoms with Crippen molar-refractivity contribution in [2.45, 2.75) is 37.8 Å². The standard InChI is InChI=1S/C23H25IN2O4P2/c1-13-6-7-15(8-19(13)32)29-12-20(27)25-21-14-9-23(10-14,11-17(21)30-24)26-22(28)16-4-2-3-5-18(16)31/h2-8,17H,9-12,31-32H2,1H3,(H,25,27)(H,26,28). The number of aryl methyl sites for hydroxylation is 1. The molecule has 2 amide bonds. The third kappa shape index (κ3) is 5.01. The van der Waals surface area contributed by atoms with Gasteiger partial charge in [-0.15, -0.1) is 18.5 Å². The molecule has 1 fully saturated rings. The second-order valence-corrected chi connectivity index (χ2v) is 10.1. The van der Waals surface area contributed by atoms with Crippen LogP contribution in [0.25, 0.3) is 0 Å². The minimum atomic E-state index is -0.336. The van der Waals surface area contributed by atoms with E-state index in [-0.39, 0.29) is 30.1 Å². The van der Waals surface area contributed by atoms with Crippen molar-refractivity contribution >= 4 is 63.9 Å². The van der Waals surface area contributed by atoms with Gasteiger partial charge in [-0.2, -0.15) is 0 Å². The van der Waals surface area contributed by atoms with Crippen LogP contribution in [0.15, 0.2) is 53.7 Å². The number of amides is 2. The van der Waals surface area contributed by atoms with Gasteiger partial charge in [-0.3, -0.25) is 9.59 Å². The third-order valence-corrected chi connectivity index (χ3v) is 7.71. The predicted octanol–water partition coefficient (Wildman–Crippen LogP) is 2.85. The van der Waals surface area contributed by atoms with Crippen molar-refractivity contribution < 1.29 is 17.4 Å². The summed E-state index contributed by atoms with van der Waals surface area (Å²) in [5, 5.41) is 8.09. The van der Waals surface area contributed by atoms with E-state index in [1.165, 1.54) is 0 Å².